The molecule has 32 heavy (non-hydrogen) atoms. The third kappa shape index (κ3) is 4.70. The summed E-state index contributed by atoms with van der Waals surface area (Å²) in [4.78, 5) is 42.2. The second-order valence-corrected chi connectivity index (χ2v) is 7.11. The molecule has 0 bridgehead atoms. The molecule has 1 unspecified atom stereocenters. The van der Waals surface area contributed by atoms with Crippen molar-refractivity contribution in [1.82, 2.24) is 4.90 Å². The lowest BCUT2D eigenvalue weighted by atomic mass is 10.2. The van der Waals surface area contributed by atoms with E-state index in [0.717, 1.165) is 4.90 Å². The van der Waals surface area contributed by atoms with Gasteiger partial charge in [0.05, 0.1) is 19.1 Å². The van der Waals surface area contributed by atoms with Crippen LogP contribution in [0.5, 0.6) is 5.75 Å². The van der Waals surface area contributed by atoms with E-state index in [1.807, 2.05) is 13.0 Å². The third-order valence-electron chi connectivity index (χ3n) is 5.05. The molecule has 1 fully saturated rings. The number of hydrogen-bond acceptors (Lipinski definition) is 5. The van der Waals surface area contributed by atoms with Gasteiger partial charge in [0.15, 0.2) is 0 Å². The molecule has 166 valence electrons. The van der Waals surface area contributed by atoms with Crippen molar-refractivity contribution in [2.24, 2.45) is 0 Å². The Kier molecular flexibility index (Phi) is 7.05. The van der Waals surface area contributed by atoms with Crippen LogP contribution in [0.3, 0.4) is 0 Å². The van der Waals surface area contributed by atoms with E-state index in [-0.39, 0.29) is 13.0 Å². The smallest absolute Gasteiger partial charge is 0.332 e. The number of carbonyl (C=O) groups excluding carboxylic acids is 3. The number of imide groups is 1. The number of urea groups is 1. The van der Waals surface area contributed by atoms with Crippen molar-refractivity contribution >= 4 is 29.2 Å². The zero-order valence-electron chi connectivity index (χ0n) is 17.8. The van der Waals surface area contributed by atoms with Crippen molar-refractivity contribution in [3.8, 4) is 11.8 Å². The van der Waals surface area contributed by atoms with Gasteiger partial charge in [0.2, 0.25) is 5.91 Å². The highest BCUT2D eigenvalue weighted by Gasteiger charge is 2.44. The Morgan fingerprint density at radius 3 is 2.41 bits per heavy atom. The van der Waals surface area contributed by atoms with Gasteiger partial charge < -0.3 is 9.64 Å². The standard InChI is InChI=1S/C23H23FN4O4/c1-3-32-20-11-9-18(10-12-20)26(14-4-13-25)21(29)15-27-22(30)16(2)28(23(27)31)19-7-5-17(24)6-8-19/h5-12,16H,3-4,14-15H2,1-2H3. The average molecular weight is 438 g/mol. The van der Waals surface area contributed by atoms with Crippen LogP contribution in [0, 0.1) is 17.1 Å². The predicted molar refractivity (Wildman–Crippen MR) is 116 cm³/mol. The summed E-state index contributed by atoms with van der Waals surface area (Å²) in [6.07, 6.45) is 0.0823. The maximum Gasteiger partial charge on any atom is 0.332 e. The topological polar surface area (TPSA) is 93.9 Å². The number of halogens is 1. The van der Waals surface area contributed by atoms with E-state index in [1.165, 1.54) is 34.1 Å². The quantitative estimate of drug-likeness (QED) is 0.590. The molecule has 4 amide bonds. The molecular formula is C23H23FN4O4. The number of nitrogens with zero attached hydrogens (tertiary/aromatic N) is 4. The maximum atomic E-state index is 13.3. The minimum Gasteiger partial charge on any atom is -0.494 e. The van der Waals surface area contributed by atoms with Crippen LogP contribution in [0.1, 0.15) is 20.3 Å². The largest absolute Gasteiger partial charge is 0.494 e. The molecule has 0 radical (unpaired) electrons. The number of nitriles is 1. The fourth-order valence-corrected chi connectivity index (χ4v) is 3.48. The van der Waals surface area contributed by atoms with E-state index in [1.54, 1.807) is 31.2 Å². The van der Waals surface area contributed by atoms with Gasteiger partial charge in [-0.1, -0.05) is 0 Å². The van der Waals surface area contributed by atoms with E-state index in [2.05, 4.69) is 0 Å². The number of anilines is 2. The Hall–Kier alpha value is -3.93. The molecule has 0 saturated carbocycles. The monoisotopic (exact) mass is 438 g/mol. The average Bonchev–Trinajstić information content (AvgIpc) is 2.99. The minimum absolute atomic E-state index is 0.0823. The van der Waals surface area contributed by atoms with Crippen molar-refractivity contribution in [3.05, 3.63) is 54.3 Å². The van der Waals surface area contributed by atoms with Gasteiger partial charge in [0, 0.05) is 17.9 Å². The van der Waals surface area contributed by atoms with Gasteiger partial charge in [-0.15, -0.1) is 0 Å². The number of benzene rings is 2. The molecule has 0 aromatic heterocycles. The molecule has 1 heterocycles. The molecule has 2 aromatic rings. The summed E-state index contributed by atoms with van der Waals surface area (Å²) < 4.78 is 18.7. The minimum atomic E-state index is -0.834. The number of carbonyl (C=O) groups is 3. The second kappa shape index (κ2) is 9.92. The van der Waals surface area contributed by atoms with Crippen LogP contribution in [0.2, 0.25) is 0 Å². The second-order valence-electron chi connectivity index (χ2n) is 7.11. The Morgan fingerprint density at radius 1 is 1.16 bits per heavy atom. The Labute approximate surface area is 185 Å². The molecule has 0 aliphatic carbocycles. The highest BCUT2D eigenvalue weighted by atomic mass is 19.1. The summed E-state index contributed by atoms with van der Waals surface area (Å²) in [5.74, 6) is -0.855. The molecule has 1 aliphatic rings. The molecule has 0 N–H and O–H groups in total. The van der Waals surface area contributed by atoms with Gasteiger partial charge in [-0.25, -0.2) is 9.18 Å². The number of ether oxygens (including phenoxy) is 1. The van der Waals surface area contributed by atoms with E-state index in [0.29, 0.717) is 23.7 Å². The summed E-state index contributed by atoms with van der Waals surface area (Å²) in [5, 5.41) is 8.98. The highest BCUT2D eigenvalue weighted by Crippen LogP contribution is 2.27. The number of rotatable bonds is 8. The van der Waals surface area contributed by atoms with Crippen LogP contribution in [0.4, 0.5) is 20.6 Å². The molecule has 2 aromatic carbocycles. The van der Waals surface area contributed by atoms with Crippen molar-refractivity contribution in [2.75, 3.05) is 29.5 Å². The molecular weight excluding hydrogens is 415 g/mol. The van der Waals surface area contributed by atoms with E-state index in [9.17, 15) is 18.8 Å². The summed E-state index contributed by atoms with van der Waals surface area (Å²) in [6, 6.07) is 12.5. The SMILES string of the molecule is CCOc1ccc(N(CCC#N)C(=O)CN2C(=O)C(C)N(c3ccc(F)cc3)C2=O)cc1. The first-order valence-electron chi connectivity index (χ1n) is 10.2. The molecule has 1 saturated heterocycles. The Balaban J connectivity index is 1.80. The molecule has 1 atom stereocenters. The van der Waals surface area contributed by atoms with Gasteiger partial charge in [0.1, 0.15) is 24.2 Å². The van der Waals surface area contributed by atoms with Gasteiger partial charge in [0.25, 0.3) is 5.91 Å². The maximum absolute atomic E-state index is 13.3. The fraction of sp³-hybridized carbons (Fsp3) is 0.304. The molecule has 0 spiro atoms. The zero-order chi connectivity index (χ0) is 23.3. The van der Waals surface area contributed by atoms with Crippen molar-refractivity contribution in [2.45, 2.75) is 26.3 Å². The van der Waals surface area contributed by atoms with Crippen molar-refractivity contribution in [1.29, 1.82) is 5.26 Å². The number of hydrogen-bond donors (Lipinski definition) is 0. The lowest BCUT2D eigenvalue weighted by Crippen LogP contribution is -2.44. The zero-order valence-corrected chi connectivity index (χ0v) is 17.8. The van der Waals surface area contributed by atoms with E-state index >= 15 is 0 Å². The lowest BCUT2D eigenvalue weighted by molar-refractivity contribution is -0.131. The van der Waals surface area contributed by atoms with Gasteiger partial charge in [-0.05, 0) is 62.4 Å². The first kappa shape index (κ1) is 22.7. The van der Waals surface area contributed by atoms with Crippen LogP contribution in [0.15, 0.2) is 48.5 Å². The van der Waals surface area contributed by atoms with Crippen LogP contribution >= 0.6 is 0 Å². The lowest BCUT2D eigenvalue weighted by Gasteiger charge is -2.24. The summed E-state index contributed by atoms with van der Waals surface area (Å²) >= 11 is 0. The van der Waals surface area contributed by atoms with E-state index < -0.39 is 36.2 Å². The van der Waals surface area contributed by atoms with Crippen LogP contribution in [-0.4, -0.2) is 48.5 Å². The van der Waals surface area contributed by atoms with Crippen LogP contribution < -0.4 is 14.5 Å². The van der Waals surface area contributed by atoms with Crippen molar-refractivity contribution < 1.29 is 23.5 Å². The van der Waals surface area contributed by atoms with Gasteiger partial charge in [-0.2, -0.15) is 5.26 Å². The van der Waals surface area contributed by atoms with Crippen molar-refractivity contribution in [3.63, 3.8) is 0 Å². The summed E-state index contributed by atoms with van der Waals surface area (Å²) in [6.45, 7) is 3.54. The summed E-state index contributed by atoms with van der Waals surface area (Å²) in [7, 11) is 0. The number of amides is 4. The van der Waals surface area contributed by atoms with Gasteiger partial charge in [-0.3, -0.25) is 19.4 Å². The first-order chi connectivity index (χ1) is 15.4. The molecule has 1 aliphatic heterocycles. The molecule has 3 rings (SSSR count). The third-order valence-corrected chi connectivity index (χ3v) is 5.05. The highest BCUT2D eigenvalue weighted by molar-refractivity contribution is 6.16. The van der Waals surface area contributed by atoms with Crippen LogP contribution in [0.25, 0.3) is 0 Å². The summed E-state index contributed by atoms with van der Waals surface area (Å²) in [5.41, 5.74) is 0.885. The predicted octanol–water partition coefficient (Wildman–Crippen LogP) is 3.33. The Bertz CT molecular complexity index is 1030. The normalized spacial score (nSPS) is 15.6. The van der Waals surface area contributed by atoms with E-state index in [4.69, 9.17) is 10.00 Å². The first-order valence-corrected chi connectivity index (χ1v) is 10.2. The fourth-order valence-electron chi connectivity index (χ4n) is 3.48. The Morgan fingerprint density at radius 2 is 1.81 bits per heavy atom. The van der Waals surface area contributed by atoms with Gasteiger partial charge >= 0.3 is 6.03 Å². The van der Waals surface area contributed by atoms with Crippen LogP contribution in [-0.2, 0) is 9.59 Å². The molecule has 9 heteroatoms. The molecule has 8 nitrogen and oxygen atoms in total.